The number of amidine groups is 1. The van der Waals surface area contributed by atoms with Crippen molar-refractivity contribution in [3.8, 4) is 0 Å². The van der Waals surface area contributed by atoms with Gasteiger partial charge in [0, 0.05) is 36.8 Å². The van der Waals surface area contributed by atoms with Crippen molar-refractivity contribution in [3.05, 3.63) is 29.8 Å². The molecule has 9 nitrogen and oxygen atoms in total. The molecule has 2 N–H and O–H groups in total. The monoisotopic (exact) mass is 430 g/mol. The molecule has 3 rings (SSSR count). The van der Waals surface area contributed by atoms with Crippen LogP contribution in [0.4, 0.5) is 15.3 Å². The highest BCUT2D eigenvalue weighted by Crippen LogP contribution is 2.33. The van der Waals surface area contributed by atoms with E-state index in [2.05, 4.69) is 10.1 Å². The summed E-state index contributed by atoms with van der Waals surface area (Å²) in [5.41, 5.74) is 1.30. The second kappa shape index (κ2) is 10.3. The quantitative estimate of drug-likeness (QED) is 0.409. The van der Waals surface area contributed by atoms with E-state index in [1.54, 1.807) is 29.2 Å². The van der Waals surface area contributed by atoms with E-state index < -0.39 is 6.09 Å². The molecule has 3 amide bonds. The lowest BCUT2D eigenvalue weighted by atomic mass is 9.83. The molecule has 0 radical (unpaired) electrons. The average molecular weight is 431 g/mol. The number of ether oxygens (including phenoxy) is 2. The molecule has 1 aliphatic heterocycles. The van der Waals surface area contributed by atoms with Crippen LogP contribution in [0.15, 0.2) is 24.3 Å². The molecule has 1 saturated heterocycles. The van der Waals surface area contributed by atoms with E-state index in [1.807, 2.05) is 4.90 Å². The topological polar surface area (TPSA) is 112 Å². The molecule has 1 saturated carbocycles. The number of methoxy groups -OCH3 is 2. The number of hydrogen-bond donors (Lipinski definition) is 2. The highest BCUT2D eigenvalue weighted by molar-refractivity contribution is 6.05. The Labute approximate surface area is 182 Å². The largest absolute Gasteiger partial charge is 0.469 e. The van der Waals surface area contributed by atoms with Crippen LogP contribution in [0.1, 0.15) is 44.1 Å². The zero-order chi connectivity index (χ0) is 22.4. The number of hydrogen-bond acceptors (Lipinski definition) is 6. The maximum Gasteiger partial charge on any atom is 0.412 e. The van der Waals surface area contributed by atoms with Gasteiger partial charge in [-0.05, 0) is 62.3 Å². The predicted octanol–water partition coefficient (Wildman–Crippen LogP) is 3.12. The summed E-state index contributed by atoms with van der Waals surface area (Å²) in [6.07, 6.45) is 4.59. The van der Waals surface area contributed by atoms with Gasteiger partial charge in [0.15, 0.2) is 0 Å². The summed E-state index contributed by atoms with van der Waals surface area (Å²) in [4.78, 5) is 39.3. The number of benzene rings is 1. The first-order valence-corrected chi connectivity index (χ1v) is 10.6. The van der Waals surface area contributed by atoms with Crippen LogP contribution in [-0.4, -0.2) is 62.2 Å². The maximum absolute atomic E-state index is 13.0. The van der Waals surface area contributed by atoms with E-state index in [0.717, 1.165) is 37.8 Å². The Morgan fingerprint density at radius 3 is 2.35 bits per heavy atom. The SMILES string of the molecule is COC(=O)CCC1CCC(N2CCN(c3ccc(C(=N)NC(=O)OC)cc3)C2=O)CC1. The van der Waals surface area contributed by atoms with E-state index in [4.69, 9.17) is 10.1 Å². The van der Waals surface area contributed by atoms with Crippen molar-refractivity contribution in [2.45, 2.75) is 44.6 Å². The fourth-order valence-corrected chi connectivity index (χ4v) is 4.33. The number of nitrogens with zero attached hydrogens (tertiary/aromatic N) is 2. The van der Waals surface area contributed by atoms with E-state index in [-0.39, 0.29) is 23.9 Å². The number of carbonyl (C=O) groups excluding carboxylic acids is 3. The lowest BCUT2D eigenvalue weighted by Crippen LogP contribution is -2.41. The molecule has 2 fully saturated rings. The fraction of sp³-hybridized carbons (Fsp3) is 0.545. The predicted molar refractivity (Wildman–Crippen MR) is 115 cm³/mol. The van der Waals surface area contributed by atoms with Gasteiger partial charge < -0.3 is 14.4 Å². The Hall–Kier alpha value is -3.10. The molecule has 0 bridgehead atoms. The van der Waals surface area contributed by atoms with E-state index in [9.17, 15) is 14.4 Å². The average Bonchev–Trinajstić information content (AvgIpc) is 3.18. The van der Waals surface area contributed by atoms with Crippen molar-refractivity contribution >= 4 is 29.6 Å². The number of alkyl carbamates (subject to hydrolysis) is 1. The number of carbonyl (C=O) groups is 3. The number of amides is 3. The van der Waals surface area contributed by atoms with Gasteiger partial charge in [-0.3, -0.25) is 20.4 Å². The Balaban J connectivity index is 1.52. The molecule has 0 atom stereocenters. The van der Waals surface area contributed by atoms with Crippen molar-refractivity contribution in [1.29, 1.82) is 5.41 Å². The molecule has 168 valence electrons. The van der Waals surface area contributed by atoms with Gasteiger partial charge in [0.1, 0.15) is 5.84 Å². The minimum Gasteiger partial charge on any atom is -0.469 e. The van der Waals surface area contributed by atoms with Crippen LogP contribution in [0.25, 0.3) is 0 Å². The molecule has 1 aromatic carbocycles. The number of nitrogens with one attached hydrogen (secondary N) is 2. The van der Waals surface area contributed by atoms with Crippen LogP contribution < -0.4 is 10.2 Å². The Kier molecular flexibility index (Phi) is 7.49. The summed E-state index contributed by atoms with van der Waals surface area (Å²) in [5.74, 6) is 0.303. The molecule has 1 aromatic rings. The summed E-state index contributed by atoms with van der Waals surface area (Å²) >= 11 is 0. The molecule has 31 heavy (non-hydrogen) atoms. The standard InChI is InChI=1S/C22H30N4O5/c1-30-19(27)12-5-15-3-8-17(9-4-15)25-13-14-26(22(25)29)18-10-6-16(7-11-18)20(23)24-21(28)31-2/h6-7,10-11,15,17H,3-5,8-9,12-14H2,1-2H3,(H2,23,24,28). The lowest BCUT2D eigenvalue weighted by molar-refractivity contribution is -0.141. The molecule has 0 aromatic heterocycles. The van der Waals surface area contributed by atoms with Crippen LogP contribution >= 0.6 is 0 Å². The molecule has 9 heteroatoms. The van der Waals surface area contributed by atoms with Gasteiger partial charge >= 0.3 is 18.1 Å². The van der Waals surface area contributed by atoms with Crippen molar-refractivity contribution in [1.82, 2.24) is 10.2 Å². The third-order valence-corrected chi connectivity index (χ3v) is 6.16. The fourth-order valence-electron chi connectivity index (χ4n) is 4.33. The van der Waals surface area contributed by atoms with Gasteiger partial charge in [0.05, 0.1) is 14.2 Å². The molecule has 0 spiro atoms. The van der Waals surface area contributed by atoms with Crippen molar-refractivity contribution < 1.29 is 23.9 Å². The number of urea groups is 1. The molecule has 2 aliphatic rings. The first-order valence-electron chi connectivity index (χ1n) is 10.6. The Morgan fingerprint density at radius 1 is 1.06 bits per heavy atom. The van der Waals surface area contributed by atoms with Gasteiger partial charge in [-0.15, -0.1) is 0 Å². The first-order chi connectivity index (χ1) is 14.9. The normalized spacial score (nSPS) is 21.0. The Morgan fingerprint density at radius 2 is 1.74 bits per heavy atom. The van der Waals surface area contributed by atoms with E-state index in [1.165, 1.54) is 14.2 Å². The van der Waals surface area contributed by atoms with Gasteiger partial charge in [0.2, 0.25) is 0 Å². The van der Waals surface area contributed by atoms with E-state index in [0.29, 0.717) is 31.0 Å². The number of esters is 1. The number of anilines is 1. The third kappa shape index (κ3) is 5.53. The van der Waals surface area contributed by atoms with Gasteiger partial charge in [-0.25, -0.2) is 9.59 Å². The molecule has 0 unspecified atom stereocenters. The molecule has 1 heterocycles. The van der Waals surface area contributed by atoms with Gasteiger partial charge in [-0.2, -0.15) is 0 Å². The van der Waals surface area contributed by atoms with Crippen LogP contribution in [0.5, 0.6) is 0 Å². The highest BCUT2D eigenvalue weighted by Gasteiger charge is 2.36. The summed E-state index contributed by atoms with van der Waals surface area (Å²) < 4.78 is 9.22. The maximum atomic E-state index is 13.0. The molecular formula is C22H30N4O5. The molecule has 1 aliphatic carbocycles. The highest BCUT2D eigenvalue weighted by atomic mass is 16.5. The number of rotatable bonds is 6. The first kappa shape index (κ1) is 22.6. The lowest BCUT2D eigenvalue weighted by Gasteiger charge is -2.34. The zero-order valence-electron chi connectivity index (χ0n) is 18.1. The third-order valence-electron chi connectivity index (χ3n) is 6.16. The van der Waals surface area contributed by atoms with Gasteiger partial charge in [-0.1, -0.05) is 0 Å². The zero-order valence-corrected chi connectivity index (χ0v) is 18.1. The molecular weight excluding hydrogens is 400 g/mol. The van der Waals surface area contributed by atoms with Crippen LogP contribution in [0, 0.1) is 11.3 Å². The second-order valence-electron chi connectivity index (χ2n) is 7.96. The van der Waals surface area contributed by atoms with Gasteiger partial charge in [0.25, 0.3) is 0 Å². The smallest absolute Gasteiger partial charge is 0.412 e. The van der Waals surface area contributed by atoms with Crippen molar-refractivity contribution in [2.24, 2.45) is 5.92 Å². The minimum atomic E-state index is -0.695. The summed E-state index contributed by atoms with van der Waals surface area (Å²) in [6.45, 7) is 1.32. The van der Waals surface area contributed by atoms with Crippen molar-refractivity contribution in [2.75, 3.05) is 32.2 Å². The van der Waals surface area contributed by atoms with Crippen molar-refractivity contribution in [3.63, 3.8) is 0 Å². The van der Waals surface area contributed by atoms with E-state index >= 15 is 0 Å². The van der Waals surface area contributed by atoms with Crippen LogP contribution in [0.2, 0.25) is 0 Å². The van der Waals surface area contributed by atoms with Crippen LogP contribution in [-0.2, 0) is 14.3 Å². The summed E-state index contributed by atoms with van der Waals surface area (Å²) in [7, 11) is 2.66. The summed E-state index contributed by atoms with van der Waals surface area (Å²) in [6, 6.07) is 7.23. The minimum absolute atomic E-state index is 0.00789. The summed E-state index contributed by atoms with van der Waals surface area (Å²) in [5, 5.41) is 10.2. The Bertz CT molecular complexity index is 818. The second-order valence-corrected chi connectivity index (χ2v) is 7.96. The van der Waals surface area contributed by atoms with Crippen LogP contribution in [0.3, 0.4) is 0 Å².